The molecule has 2 N–H and O–H groups in total. The highest BCUT2D eigenvalue weighted by Crippen LogP contribution is 2.38. The quantitative estimate of drug-likeness (QED) is 0.856. The lowest BCUT2D eigenvalue weighted by molar-refractivity contribution is -0.127. The van der Waals surface area contributed by atoms with Crippen molar-refractivity contribution in [2.45, 2.75) is 19.5 Å². The molecule has 0 radical (unpaired) electrons. The topological polar surface area (TPSA) is 58.2 Å². The Morgan fingerprint density at radius 1 is 0.833 bits per heavy atom. The number of carbonyl (C=O) groups is 2. The Balaban J connectivity index is 1.41. The first-order valence-corrected chi connectivity index (χ1v) is 7.97. The summed E-state index contributed by atoms with van der Waals surface area (Å²) in [6.45, 7) is 0.814. The lowest BCUT2D eigenvalue weighted by atomic mass is 10.2. The fourth-order valence-corrected chi connectivity index (χ4v) is 2.61. The third-order valence-corrected chi connectivity index (χ3v) is 4.15. The Morgan fingerprint density at radius 3 is 1.88 bits per heavy atom. The third-order valence-electron chi connectivity index (χ3n) is 4.15. The molecule has 1 fully saturated rings. The van der Waals surface area contributed by atoms with Crippen LogP contribution in [0.1, 0.15) is 17.5 Å². The summed E-state index contributed by atoms with van der Waals surface area (Å²) < 4.78 is 12.8. The van der Waals surface area contributed by atoms with Gasteiger partial charge in [0.15, 0.2) is 0 Å². The number of amides is 2. The monoisotopic (exact) mass is 326 g/mol. The van der Waals surface area contributed by atoms with Gasteiger partial charge in [0, 0.05) is 13.1 Å². The summed E-state index contributed by atoms with van der Waals surface area (Å²) in [6.07, 6.45) is 0.579. The van der Waals surface area contributed by atoms with Crippen LogP contribution in [-0.2, 0) is 22.7 Å². The molecule has 4 nitrogen and oxygen atoms in total. The van der Waals surface area contributed by atoms with Gasteiger partial charge in [-0.3, -0.25) is 9.59 Å². The molecule has 5 heteroatoms. The summed E-state index contributed by atoms with van der Waals surface area (Å²) in [4.78, 5) is 24.1. The number of benzene rings is 2. The lowest BCUT2D eigenvalue weighted by Crippen LogP contribution is -2.29. The number of hydrogen-bond acceptors (Lipinski definition) is 2. The van der Waals surface area contributed by atoms with Crippen LogP contribution in [0.15, 0.2) is 54.6 Å². The average Bonchev–Trinajstić information content (AvgIpc) is 3.41. The Kier molecular flexibility index (Phi) is 4.89. The zero-order valence-electron chi connectivity index (χ0n) is 13.2. The molecule has 0 aliphatic heterocycles. The molecule has 1 aliphatic rings. The van der Waals surface area contributed by atoms with Crippen LogP contribution in [0.4, 0.5) is 4.39 Å². The van der Waals surface area contributed by atoms with Gasteiger partial charge in [0.05, 0.1) is 11.8 Å². The van der Waals surface area contributed by atoms with E-state index in [4.69, 9.17) is 0 Å². The van der Waals surface area contributed by atoms with Crippen molar-refractivity contribution in [3.63, 3.8) is 0 Å². The molecule has 1 saturated carbocycles. The molecule has 0 aromatic heterocycles. The fraction of sp³-hybridized carbons (Fsp3) is 0.263. The highest BCUT2D eigenvalue weighted by molar-refractivity contribution is 5.92. The second kappa shape index (κ2) is 7.25. The first-order chi connectivity index (χ1) is 11.6. The van der Waals surface area contributed by atoms with Gasteiger partial charge < -0.3 is 10.6 Å². The smallest absolute Gasteiger partial charge is 0.224 e. The number of nitrogens with one attached hydrogen (secondary N) is 2. The Morgan fingerprint density at radius 2 is 1.33 bits per heavy atom. The number of carbonyl (C=O) groups excluding carboxylic acids is 2. The molecule has 0 saturated heterocycles. The predicted octanol–water partition coefficient (Wildman–Crippen LogP) is 2.39. The van der Waals surface area contributed by atoms with Crippen LogP contribution in [-0.4, -0.2) is 11.8 Å². The Labute approximate surface area is 140 Å². The summed E-state index contributed by atoms with van der Waals surface area (Å²) in [5.41, 5.74) is 1.86. The van der Waals surface area contributed by atoms with Crippen molar-refractivity contribution in [1.29, 1.82) is 0 Å². The highest BCUT2D eigenvalue weighted by Gasteiger charge is 2.47. The molecule has 2 aromatic rings. The van der Waals surface area contributed by atoms with Gasteiger partial charge in [-0.15, -0.1) is 0 Å². The van der Waals surface area contributed by atoms with Gasteiger partial charge in [0.25, 0.3) is 0 Å². The van der Waals surface area contributed by atoms with Crippen LogP contribution in [0.3, 0.4) is 0 Å². The van der Waals surface area contributed by atoms with E-state index in [2.05, 4.69) is 10.6 Å². The zero-order valence-corrected chi connectivity index (χ0v) is 13.2. The van der Waals surface area contributed by atoms with Crippen molar-refractivity contribution < 1.29 is 14.0 Å². The van der Waals surface area contributed by atoms with Gasteiger partial charge in [0.2, 0.25) is 11.8 Å². The molecule has 2 amide bonds. The summed E-state index contributed by atoms with van der Waals surface area (Å²) in [5.74, 6) is -1.02. The van der Waals surface area contributed by atoms with E-state index >= 15 is 0 Å². The second-order valence-corrected chi connectivity index (χ2v) is 6.00. The van der Waals surface area contributed by atoms with E-state index in [1.165, 1.54) is 12.1 Å². The minimum absolute atomic E-state index is 0.0826. The van der Waals surface area contributed by atoms with Gasteiger partial charge in [-0.05, 0) is 29.7 Å². The van der Waals surface area contributed by atoms with Crippen LogP contribution in [0.5, 0.6) is 0 Å². The molecular formula is C19H19FN2O2. The molecule has 1 aliphatic carbocycles. The minimum Gasteiger partial charge on any atom is -0.352 e. The third kappa shape index (κ3) is 4.19. The first kappa shape index (κ1) is 16.2. The fourth-order valence-electron chi connectivity index (χ4n) is 2.61. The lowest BCUT2D eigenvalue weighted by Gasteiger charge is -2.06. The van der Waals surface area contributed by atoms with Gasteiger partial charge in [0.1, 0.15) is 5.82 Å². The van der Waals surface area contributed by atoms with Crippen LogP contribution in [0.2, 0.25) is 0 Å². The summed E-state index contributed by atoms with van der Waals surface area (Å²) in [5, 5.41) is 5.66. The summed E-state index contributed by atoms with van der Waals surface area (Å²) in [7, 11) is 0. The van der Waals surface area contributed by atoms with E-state index < -0.39 is 0 Å². The second-order valence-electron chi connectivity index (χ2n) is 6.00. The molecule has 2 aromatic carbocycles. The molecule has 24 heavy (non-hydrogen) atoms. The van der Waals surface area contributed by atoms with Crippen molar-refractivity contribution in [2.24, 2.45) is 11.8 Å². The van der Waals surface area contributed by atoms with Gasteiger partial charge in [-0.2, -0.15) is 0 Å². The molecule has 2 atom stereocenters. The van der Waals surface area contributed by atoms with Crippen LogP contribution >= 0.6 is 0 Å². The molecule has 124 valence electrons. The Hall–Kier alpha value is -2.69. The van der Waals surface area contributed by atoms with E-state index in [1.807, 2.05) is 30.3 Å². The molecule has 0 spiro atoms. The molecule has 2 unspecified atom stereocenters. The Bertz CT molecular complexity index is 716. The standard InChI is InChI=1S/C19H19FN2O2/c20-15-8-6-14(7-9-15)12-22-19(24)17-10-16(17)18(23)21-11-13-4-2-1-3-5-13/h1-9,16-17H,10-12H2,(H,21,23)(H,22,24). The molecule has 3 rings (SSSR count). The van der Waals surface area contributed by atoms with Crippen molar-refractivity contribution in [1.82, 2.24) is 10.6 Å². The average molecular weight is 326 g/mol. The van der Waals surface area contributed by atoms with Gasteiger partial charge >= 0.3 is 0 Å². The summed E-state index contributed by atoms with van der Waals surface area (Å²) >= 11 is 0. The molecule has 0 heterocycles. The van der Waals surface area contributed by atoms with E-state index in [0.29, 0.717) is 19.5 Å². The number of halogens is 1. The van der Waals surface area contributed by atoms with Crippen molar-refractivity contribution >= 4 is 11.8 Å². The SMILES string of the molecule is O=C(NCc1ccccc1)C1CC1C(=O)NCc1ccc(F)cc1. The van der Waals surface area contributed by atoms with Crippen LogP contribution in [0, 0.1) is 17.7 Å². The predicted molar refractivity (Wildman–Crippen MR) is 88.1 cm³/mol. The van der Waals surface area contributed by atoms with Crippen molar-refractivity contribution in [3.05, 3.63) is 71.5 Å². The van der Waals surface area contributed by atoms with E-state index in [1.54, 1.807) is 12.1 Å². The van der Waals surface area contributed by atoms with E-state index in [-0.39, 0.29) is 29.5 Å². The van der Waals surface area contributed by atoms with Crippen LogP contribution < -0.4 is 10.6 Å². The van der Waals surface area contributed by atoms with Crippen LogP contribution in [0.25, 0.3) is 0 Å². The van der Waals surface area contributed by atoms with Crippen molar-refractivity contribution in [3.8, 4) is 0 Å². The zero-order chi connectivity index (χ0) is 16.9. The maximum atomic E-state index is 12.8. The summed E-state index contributed by atoms with van der Waals surface area (Å²) in [6, 6.07) is 15.6. The van der Waals surface area contributed by atoms with E-state index in [9.17, 15) is 14.0 Å². The molecule has 0 bridgehead atoms. The normalized spacial score (nSPS) is 18.7. The maximum Gasteiger partial charge on any atom is 0.224 e. The van der Waals surface area contributed by atoms with Crippen molar-refractivity contribution in [2.75, 3.05) is 0 Å². The van der Waals surface area contributed by atoms with Gasteiger partial charge in [-0.25, -0.2) is 4.39 Å². The minimum atomic E-state index is -0.303. The molecular weight excluding hydrogens is 307 g/mol. The van der Waals surface area contributed by atoms with Gasteiger partial charge in [-0.1, -0.05) is 42.5 Å². The number of rotatable bonds is 6. The largest absolute Gasteiger partial charge is 0.352 e. The number of hydrogen-bond donors (Lipinski definition) is 2. The maximum absolute atomic E-state index is 12.8. The first-order valence-electron chi connectivity index (χ1n) is 7.97. The van der Waals surface area contributed by atoms with E-state index in [0.717, 1.165) is 11.1 Å². The highest BCUT2D eigenvalue weighted by atomic mass is 19.1.